The normalized spacial score (nSPS) is 10.1. The second kappa shape index (κ2) is 5.85. The van der Waals surface area contributed by atoms with E-state index in [-0.39, 0.29) is 0 Å². The molecule has 7 heteroatoms. The van der Waals surface area contributed by atoms with E-state index in [1.165, 1.54) is 6.33 Å². The summed E-state index contributed by atoms with van der Waals surface area (Å²) in [5.74, 6) is 7.40. The first-order valence-electron chi connectivity index (χ1n) is 5.54. The van der Waals surface area contributed by atoms with Crippen LogP contribution in [0.3, 0.4) is 0 Å². The lowest BCUT2D eigenvalue weighted by molar-refractivity contribution is 0.412. The topological polar surface area (TPSA) is 85.1 Å². The van der Waals surface area contributed by atoms with Gasteiger partial charge in [-0.05, 0) is 35.0 Å². The zero-order chi connectivity index (χ0) is 13.8. The number of nitrogen functional groups attached to an aromatic ring is 1. The Morgan fingerprint density at radius 2 is 2.00 bits per heavy atom. The summed E-state index contributed by atoms with van der Waals surface area (Å²) < 4.78 is 6.14. The third-order valence-electron chi connectivity index (χ3n) is 2.63. The standard InChI is InChI=1S/C12H14BrN5O/c1-7-11(15-6-16-12(7)18-14)17-8-3-4-9(13)10(5-8)19-2/h3-6H,14H2,1-2H3,(H2,15,16,17,18). The van der Waals surface area contributed by atoms with E-state index in [0.29, 0.717) is 11.6 Å². The van der Waals surface area contributed by atoms with Crippen molar-refractivity contribution in [1.82, 2.24) is 9.97 Å². The highest BCUT2D eigenvalue weighted by molar-refractivity contribution is 9.10. The van der Waals surface area contributed by atoms with Gasteiger partial charge in [0.15, 0.2) is 0 Å². The van der Waals surface area contributed by atoms with E-state index in [1.807, 2.05) is 25.1 Å². The third kappa shape index (κ3) is 2.94. The van der Waals surface area contributed by atoms with Crippen LogP contribution in [0.25, 0.3) is 0 Å². The first kappa shape index (κ1) is 13.6. The highest BCUT2D eigenvalue weighted by Gasteiger charge is 2.07. The largest absolute Gasteiger partial charge is 0.495 e. The van der Waals surface area contributed by atoms with Crippen molar-refractivity contribution in [3.8, 4) is 5.75 Å². The maximum atomic E-state index is 5.38. The Balaban J connectivity index is 2.31. The van der Waals surface area contributed by atoms with Crippen molar-refractivity contribution in [2.24, 2.45) is 5.84 Å². The molecule has 0 bridgehead atoms. The van der Waals surface area contributed by atoms with Crippen LogP contribution in [-0.4, -0.2) is 17.1 Å². The van der Waals surface area contributed by atoms with Crippen LogP contribution in [0.5, 0.6) is 5.75 Å². The minimum atomic E-state index is 0.585. The van der Waals surface area contributed by atoms with Crippen molar-refractivity contribution in [3.63, 3.8) is 0 Å². The number of ether oxygens (including phenoxy) is 1. The zero-order valence-electron chi connectivity index (χ0n) is 10.6. The molecule has 0 atom stereocenters. The van der Waals surface area contributed by atoms with Crippen molar-refractivity contribution in [3.05, 3.63) is 34.6 Å². The Bertz CT molecular complexity index is 590. The predicted octanol–water partition coefficient (Wildman–Crippen LogP) is 2.59. The molecule has 0 radical (unpaired) electrons. The fraction of sp³-hybridized carbons (Fsp3) is 0.167. The third-order valence-corrected chi connectivity index (χ3v) is 3.29. The fourth-order valence-electron chi connectivity index (χ4n) is 1.60. The molecule has 0 saturated carbocycles. The Hall–Kier alpha value is -1.86. The Morgan fingerprint density at radius 1 is 1.26 bits per heavy atom. The quantitative estimate of drug-likeness (QED) is 0.592. The van der Waals surface area contributed by atoms with Crippen LogP contribution in [0.1, 0.15) is 5.56 Å². The number of rotatable bonds is 4. The zero-order valence-corrected chi connectivity index (χ0v) is 12.2. The molecule has 0 unspecified atom stereocenters. The van der Waals surface area contributed by atoms with E-state index in [4.69, 9.17) is 10.6 Å². The molecule has 19 heavy (non-hydrogen) atoms. The summed E-state index contributed by atoms with van der Waals surface area (Å²) >= 11 is 3.41. The summed E-state index contributed by atoms with van der Waals surface area (Å²) in [4.78, 5) is 8.22. The van der Waals surface area contributed by atoms with E-state index in [2.05, 4.69) is 36.6 Å². The number of benzene rings is 1. The molecule has 0 saturated heterocycles. The first-order valence-corrected chi connectivity index (χ1v) is 6.33. The van der Waals surface area contributed by atoms with Crippen molar-refractivity contribution in [1.29, 1.82) is 0 Å². The van der Waals surface area contributed by atoms with Crippen molar-refractivity contribution in [2.75, 3.05) is 17.9 Å². The summed E-state index contributed by atoms with van der Waals surface area (Å²) in [5, 5.41) is 3.20. The van der Waals surface area contributed by atoms with Gasteiger partial charge in [-0.1, -0.05) is 0 Å². The Kier molecular flexibility index (Phi) is 4.18. The SMILES string of the molecule is COc1cc(Nc2ncnc(NN)c2C)ccc1Br. The highest BCUT2D eigenvalue weighted by Crippen LogP contribution is 2.30. The number of nitrogens with one attached hydrogen (secondary N) is 2. The van der Waals surface area contributed by atoms with Gasteiger partial charge in [0.05, 0.1) is 11.6 Å². The number of nitrogens with two attached hydrogens (primary N) is 1. The highest BCUT2D eigenvalue weighted by atomic mass is 79.9. The van der Waals surface area contributed by atoms with E-state index in [9.17, 15) is 0 Å². The summed E-state index contributed by atoms with van der Waals surface area (Å²) in [6, 6.07) is 5.70. The lowest BCUT2D eigenvalue weighted by Crippen LogP contribution is -2.11. The van der Waals surface area contributed by atoms with Crippen LogP contribution < -0.4 is 21.3 Å². The van der Waals surface area contributed by atoms with E-state index in [1.54, 1.807) is 7.11 Å². The number of nitrogens with zero attached hydrogens (tertiary/aromatic N) is 2. The van der Waals surface area contributed by atoms with E-state index in [0.717, 1.165) is 21.5 Å². The fourth-order valence-corrected chi connectivity index (χ4v) is 2.00. The van der Waals surface area contributed by atoms with Crippen LogP contribution in [0, 0.1) is 6.92 Å². The lowest BCUT2D eigenvalue weighted by atomic mass is 10.2. The average Bonchev–Trinajstić information content (AvgIpc) is 2.43. The lowest BCUT2D eigenvalue weighted by Gasteiger charge is -2.12. The monoisotopic (exact) mass is 323 g/mol. The Labute approximate surface area is 119 Å². The van der Waals surface area contributed by atoms with Gasteiger partial charge in [0.2, 0.25) is 0 Å². The number of hydrogen-bond acceptors (Lipinski definition) is 6. The molecular weight excluding hydrogens is 310 g/mol. The summed E-state index contributed by atoms with van der Waals surface area (Å²) in [6.07, 6.45) is 1.45. The second-order valence-corrected chi connectivity index (χ2v) is 4.67. The number of anilines is 3. The van der Waals surface area contributed by atoms with Crippen molar-refractivity contribution in [2.45, 2.75) is 6.92 Å². The van der Waals surface area contributed by atoms with Gasteiger partial charge in [-0.15, -0.1) is 0 Å². The average molecular weight is 324 g/mol. The molecule has 1 aromatic heterocycles. The molecule has 2 rings (SSSR count). The predicted molar refractivity (Wildman–Crippen MR) is 78.6 cm³/mol. The van der Waals surface area contributed by atoms with Gasteiger partial charge >= 0.3 is 0 Å². The molecule has 0 aliphatic heterocycles. The first-order chi connectivity index (χ1) is 9.15. The van der Waals surface area contributed by atoms with Crippen molar-refractivity contribution >= 4 is 33.3 Å². The number of aromatic nitrogens is 2. The number of halogens is 1. The van der Waals surface area contributed by atoms with Gasteiger partial charge in [-0.2, -0.15) is 0 Å². The van der Waals surface area contributed by atoms with E-state index < -0.39 is 0 Å². The van der Waals surface area contributed by atoms with Crippen LogP contribution >= 0.6 is 15.9 Å². The summed E-state index contributed by atoms with van der Waals surface area (Å²) in [6.45, 7) is 1.88. The molecule has 0 aliphatic rings. The van der Waals surface area contributed by atoms with Crippen LogP contribution in [-0.2, 0) is 0 Å². The molecule has 0 aliphatic carbocycles. The minimum Gasteiger partial charge on any atom is -0.495 e. The maximum Gasteiger partial charge on any atom is 0.148 e. The molecule has 1 aromatic carbocycles. The molecule has 0 amide bonds. The molecule has 2 aromatic rings. The minimum absolute atomic E-state index is 0.585. The summed E-state index contributed by atoms with van der Waals surface area (Å²) in [5.41, 5.74) is 4.24. The molecule has 6 nitrogen and oxygen atoms in total. The van der Waals surface area contributed by atoms with Gasteiger partial charge in [0, 0.05) is 17.3 Å². The van der Waals surface area contributed by atoms with Crippen molar-refractivity contribution < 1.29 is 4.74 Å². The van der Waals surface area contributed by atoms with Gasteiger partial charge in [0.25, 0.3) is 0 Å². The molecule has 0 fully saturated rings. The summed E-state index contributed by atoms with van der Waals surface area (Å²) in [7, 11) is 1.62. The Morgan fingerprint density at radius 3 is 2.68 bits per heavy atom. The van der Waals surface area contributed by atoms with Crippen LogP contribution in [0.15, 0.2) is 29.0 Å². The van der Waals surface area contributed by atoms with Gasteiger partial charge in [-0.25, -0.2) is 15.8 Å². The molecule has 0 spiro atoms. The number of hydrazine groups is 1. The van der Waals surface area contributed by atoms with Gasteiger partial charge < -0.3 is 15.5 Å². The molecule has 100 valence electrons. The van der Waals surface area contributed by atoms with Gasteiger partial charge in [-0.3, -0.25) is 0 Å². The molecule has 1 heterocycles. The molecule has 4 N–H and O–H groups in total. The van der Waals surface area contributed by atoms with Crippen LogP contribution in [0.2, 0.25) is 0 Å². The maximum absolute atomic E-state index is 5.38. The number of methoxy groups -OCH3 is 1. The van der Waals surface area contributed by atoms with Gasteiger partial charge in [0.1, 0.15) is 23.7 Å². The van der Waals surface area contributed by atoms with E-state index >= 15 is 0 Å². The second-order valence-electron chi connectivity index (χ2n) is 3.81. The smallest absolute Gasteiger partial charge is 0.148 e. The van der Waals surface area contributed by atoms with Crippen LogP contribution in [0.4, 0.5) is 17.3 Å². The number of hydrogen-bond donors (Lipinski definition) is 3. The molecular formula is C12H14BrN5O.